The van der Waals surface area contributed by atoms with Gasteiger partial charge in [-0.2, -0.15) is 0 Å². The Hall–Kier alpha value is -3.23. The number of amides is 2. The highest BCUT2D eigenvalue weighted by Crippen LogP contribution is 2.13. The molecule has 0 saturated carbocycles. The molecular formula is C15H14FN3O5. The fraction of sp³-hybridized carbons (Fsp3) is 0.200. The lowest BCUT2D eigenvalue weighted by atomic mass is 10.2. The van der Waals surface area contributed by atoms with E-state index in [4.69, 9.17) is 9.26 Å². The van der Waals surface area contributed by atoms with Crippen molar-refractivity contribution in [2.45, 2.75) is 13.8 Å². The average Bonchev–Trinajstić information content (AvgIpc) is 2.89. The number of hydrogen-bond donors (Lipinski definition) is 2. The summed E-state index contributed by atoms with van der Waals surface area (Å²) in [7, 11) is 0. The topological polar surface area (TPSA) is 111 Å². The number of benzene rings is 1. The Kier molecular flexibility index (Phi) is 5.25. The largest absolute Gasteiger partial charge is 0.452 e. The van der Waals surface area contributed by atoms with Crippen molar-refractivity contribution in [1.29, 1.82) is 0 Å². The number of aryl methyl sites for hydroxylation is 2. The van der Waals surface area contributed by atoms with Gasteiger partial charge in [-0.3, -0.25) is 20.4 Å². The zero-order valence-electron chi connectivity index (χ0n) is 12.9. The van der Waals surface area contributed by atoms with Gasteiger partial charge in [-0.05, 0) is 38.1 Å². The molecule has 1 aromatic heterocycles. The van der Waals surface area contributed by atoms with Gasteiger partial charge in [-0.25, -0.2) is 9.18 Å². The van der Waals surface area contributed by atoms with Crippen LogP contribution in [0.5, 0.6) is 0 Å². The number of nitrogens with zero attached hydrogens (tertiary/aromatic N) is 1. The van der Waals surface area contributed by atoms with Gasteiger partial charge < -0.3 is 9.26 Å². The van der Waals surface area contributed by atoms with E-state index in [9.17, 15) is 18.8 Å². The second kappa shape index (κ2) is 7.36. The normalized spacial score (nSPS) is 10.1. The third-order valence-electron chi connectivity index (χ3n) is 2.99. The van der Waals surface area contributed by atoms with Gasteiger partial charge in [0, 0.05) is 5.56 Å². The van der Waals surface area contributed by atoms with Gasteiger partial charge in [0.2, 0.25) is 0 Å². The molecule has 0 atom stereocenters. The molecule has 0 aliphatic heterocycles. The number of rotatable bonds is 4. The predicted octanol–water partition coefficient (Wildman–Crippen LogP) is 1.05. The van der Waals surface area contributed by atoms with E-state index in [1.165, 1.54) is 12.1 Å². The van der Waals surface area contributed by atoms with Crippen LogP contribution in [0.15, 0.2) is 28.8 Å². The standard InChI is InChI=1S/C15H14FN3O5/c1-8-13(9(2)24-19-8)15(22)23-7-12(20)17-18-14(21)10-3-5-11(16)6-4-10/h3-6H,7H2,1-2H3,(H,17,20)(H,18,21). The van der Waals surface area contributed by atoms with Crippen LogP contribution < -0.4 is 10.9 Å². The van der Waals surface area contributed by atoms with E-state index < -0.39 is 30.2 Å². The molecule has 0 aliphatic rings. The van der Waals surface area contributed by atoms with Gasteiger partial charge in [-0.1, -0.05) is 5.16 Å². The third-order valence-corrected chi connectivity index (χ3v) is 2.99. The van der Waals surface area contributed by atoms with Gasteiger partial charge in [0.25, 0.3) is 11.8 Å². The van der Waals surface area contributed by atoms with E-state index in [2.05, 4.69) is 16.0 Å². The molecule has 1 aromatic carbocycles. The van der Waals surface area contributed by atoms with Crippen molar-refractivity contribution in [3.8, 4) is 0 Å². The van der Waals surface area contributed by atoms with E-state index in [0.717, 1.165) is 12.1 Å². The molecule has 2 N–H and O–H groups in total. The molecule has 1 heterocycles. The quantitative estimate of drug-likeness (QED) is 0.638. The molecule has 2 amide bonds. The van der Waals surface area contributed by atoms with Crippen LogP contribution in [0.3, 0.4) is 0 Å². The van der Waals surface area contributed by atoms with Gasteiger partial charge in [0.15, 0.2) is 6.61 Å². The maximum Gasteiger partial charge on any atom is 0.344 e. The molecule has 0 unspecified atom stereocenters. The Morgan fingerprint density at radius 2 is 1.83 bits per heavy atom. The first-order chi connectivity index (χ1) is 11.4. The van der Waals surface area contributed by atoms with Crippen LogP contribution in [0.25, 0.3) is 0 Å². The summed E-state index contributed by atoms with van der Waals surface area (Å²) in [6, 6.07) is 4.74. The Bertz CT molecular complexity index is 750. The lowest BCUT2D eigenvalue weighted by Gasteiger charge is -2.08. The highest BCUT2D eigenvalue weighted by atomic mass is 19.1. The minimum absolute atomic E-state index is 0.151. The van der Waals surface area contributed by atoms with Crippen LogP contribution in [-0.4, -0.2) is 29.5 Å². The lowest BCUT2D eigenvalue weighted by molar-refractivity contribution is -0.125. The Morgan fingerprint density at radius 3 is 2.42 bits per heavy atom. The van der Waals surface area contributed by atoms with Gasteiger partial charge in [-0.15, -0.1) is 0 Å². The van der Waals surface area contributed by atoms with Crippen molar-refractivity contribution < 1.29 is 28.0 Å². The molecule has 2 rings (SSSR count). The fourth-order valence-electron chi connectivity index (χ4n) is 1.81. The maximum absolute atomic E-state index is 12.8. The second-order valence-corrected chi connectivity index (χ2v) is 4.78. The number of ether oxygens (including phenoxy) is 1. The molecule has 0 spiro atoms. The predicted molar refractivity (Wildman–Crippen MR) is 78.3 cm³/mol. The fourth-order valence-corrected chi connectivity index (χ4v) is 1.81. The molecule has 2 aromatic rings. The molecular weight excluding hydrogens is 321 g/mol. The summed E-state index contributed by atoms with van der Waals surface area (Å²) in [6.07, 6.45) is 0. The molecule has 0 radical (unpaired) electrons. The Morgan fingerprint density at radius 1 is 1.17 bits per heavy atom. The maximum atomic E-state index is 12.8. The first-order valence-corrected chi connectivity index (χ1v) is 6.83. The van der Waals surface area contributed by atoms with E-state index in [1.807, 2.05) is 0 Å². The highest BCUT2D eigenvalue weighted by Gasteiger charge is 2.20. The summed E-state index contributed by atoms with van der Waals surface area (Å²) in [5.41, 5.74) is 4.85. The van der Waals surface area contributed by atoms with E-state index >= 15 is 0 Å². The lowest BCUT2D eigenvalue weighted by Crippen LogP contribution is -2.43. The second-order valence-electron chi connectivity index (χ2n) is 4.78. The Balaban J connectivity index is 1.80. The summed E-state index contributed by atoms with van der Waals surface area (Å²) >= 11 is 0. The smallest absolute Gasteiger partial charge is 0.344 e. The number of nitrogens with one attached hydrogen (secondary N) is 2. The number of aromatic nitrogens is 1. The average molecular weight is 335 g/mol. The van der Waals surface area contributed by atoms with Crippen molar-refractivity contribution in [3.05, 3.63) is 52.7 Å². The van der Waals surface area contributed by atoms with Gasteiger partial charge >= 0.3 is 5.97 Å². The van der Waals surface area contributed by atoms with Crippen molar-refractivity contribution in [2.75, 3.05) is 6.61 Å². The number of esters is 1. The first kappa shape index (κ1) is 17.1. The highest BCUT2D eigenvalue weighted by molar-refractivity contribution is 5.96. The van der Waals surface area contributed by atoms with Gasteiger partial charge in [0.1, 0.15) is 17.1 Å². The molecule has 0 aliphatic carbocycles. The van der Waals surface area contributed by atoms with E-state index in [0.29, 0.717) is 5.69 Å². The van der Waals surface area contributed by atoms with Crippen LogP contribution in [0.4, 0.5) is 4.39 Å². The summed E-state index contributed by atoms with van der Waals surface area (Å²) < 4.78 is 22.4. The zero-order valence-corrected chi connectivity index (χ0v) is 12.9. The van der Waals surface area contributed by atoms with E-state index in [1.54, 1.807) is 13.8 Å². The number of hydrogen-bond acceptors (Lipinski definition) is 6. The molecule has 24 heavy (non-hydrogen) atoms. The molecule has 0 bridgehead atoms. The number of hydrazine groups is 1. The summed E-state index contributed by atoms with van der Waals surface area (Å²) in [5.74, 6) is -2.35. The van der Waals surface area contributed by atoms with Crippen LogP contribution in [0.1, 0.15) is 32.2 Å². The molecule has 126 valence electrons. The molecule has 9 heteroatoms. The zero-order chi connectivity index (χ0) is 17.7. The van der Waals surface area contributed by atoms with Crippen LogP contribution in [0, 0.1) is 19.7 Å². The minimum Gasteiger partial charge on any atom is -0.452 e. The minimum atomic E-state index is -0.758. The molecule has 8 nitrogen and oxygen atoms in total. The van der Waals surface area contributed by atoms with Crippen molar-refractivity contribution >= 4 is 17.8 Å². The van der Waals surface area contributed by atoms with Gasteiger partial charge in [0.05, 0.1) is 5.69 Å². The number of halogens is 1. The van der Waals surface area contributed by atoms with E-state index in [-0.39, 0.29) is 16.9 Å². The van der Waals surface area contributed by atoms with Crippen molar-refractivity contribution in [2.24, 2.45) is 0 Å². The summed E-state index contributed by atoms with van der Waals surface area (Å²) in [5, 5.41) is 3.60. The van der Waals surface area contributed by atoms with Crippen LogP contribution >= 0.6 is 0 Å². The summed E-state index contributed by atoms with van der Waals surface area (Å²) in [4.78, 5) is 35.1. The van der Waals surface area contributed by atoms with Crippen LogP contribution in [-0.2, 0) is 9.53 Å². The molecule has 0 fully saturated rings. The van der Waals surface area contributed by atoms with Crippen molar-refractivity contribution in [3.63, 3.8) is 0 Å². The van der Waals surface area contributed by atoms with Crippen LogP contribution in [0.2, 0.25) is 0 Å². The number of carbonyl (C=O) groups is 3. The number of carbonyl (C=O) groups excluding carboxylic acids is 3. The summed E-state index contributed by atoms with van der Waals surface area (Å²) in [6.45, 7) is 2.50. The molecule has 0 saturated heterocycles. The van der Waals surface area contributed by atoms with Crippen molar-refractivity contribution in [1.82, 2.24) is 16.0 Å². The third kappa shape index (κ3) is 4.15. The SMILES string of the molecule is Cc1noc(C)c1C(=O)OCC(=O)NNC(=O)c1ccc(F)cc1. The monoisotopic (exact) mass is 335 g/mol. The first-order valence-electron chi connectivity index (χ1n) is 6.83. The Labute approximate surface area is 135 Å².